The summed E-state index contributed by atoms with van der Waals surface area (Å²) in [5, 5.41) is 0.687. The van der Waals surface area contributed by atoms with E-state index >= 15 is 0 Å². The second kappa shape index (κ2) is 7.92. The molecule has 24 heavy (non-hydrogen) atoms. The molecule has 3 nitrogen and oxygen atoms in total. The van der Waals surface area contributed by atoms with Crippen molar-refractivity contribution >= 4 is 50.7 Å². The van der Waals surface area contributed by atoms with Crippen LogP contribution in [-0.4, -0.2) is 16.6 Å². The molecule has 0 aromatic heterocycles. The predicted octanol–water partition coefficient (Wildman–Crippen LogP) is 5.25. The van der Waals surface area contributed by atoms with Crippen molar-refractivity contribution in [1.29, 1.82) is 0 Å². The minimum atomic E-state index is -0.0311. The largest absolute Gasteiger partial charge is 0.497 e. The average Bonchev–Trinajstić information content (AvgIpc) is 2.94. The Morgan fingerprint density at radius 1 is 1.25 bits per heavy atom. The van der Waals surface area contributed by atoms with Crippen molar-refractivity contribution in [3.05, 3.63) is 70.4 Å². The summed E-state index contributed by atoms with van der Waals surface area (Å²) in [6.45, 7) is 0. The number of carbonyl (C=O) groups excluding carboxylic acids is 1. The van der Waals surface area contributed by atoms with E-state index in [9.17, 15) is 4.79 Å². The maximum atomic E-state index is 12.1. The zero-order chi connectivity index (χ0) is 16.9. The number of ether oxygens (including phenoxy) is 1. The second-order valence-corrected chi connectivity index (χ2v) is 7.61. The molecule has 1 aliphatic heterocycles. The van der Waals surface area contributed by atoms with Gasteiger partial charge >= 0.3 is 0 Å². The predicted molar refractivity (Wildman–Crippen MR) is 104 cm³/mol. The van der Waals surface area contributed by atoms with E-state index in [2.05, 4.69) is 4.99 Å². The van der Waals surface area contributed by atoms with Crippen molar-refractivity contribution in [1.82, 2.24) is 0 Å². The van der Waals surface area contributed by atoms with Crippen LogP contribution in [0.25, 0.3) is 6.08 Å². The molecular formula is C18H14ClNO2S2. The molecule has 0 unspecified atom stereocenters. The van der Waals surface area contributed by atoms with E-state index in [1.807, 2.05) is 48.5 Å². The van der Waals surface area contributed by atoms with Gasteiger partial charge in [-0.3, -0.25) is 4.79 Å². The normalized spacial score (nSPS) is 15.7. The quantitative estimate of drug-likeness (QED) is 0.684. The van der Waals surface area contributed by atoms with Gasteiger partial charge in [0.2, 0.25) is 5.12 Å². The van der Waals surface area contributed by atoms with Gasteiger partial charge in [0.15, 0.2) is 0 Å². The number of benzene rings is 2. The fourth-order valence-corrected chi connectivity index (χ4v) is 3.99. The molecule has 0 spiro atoms. The number of rotatable bonds is 4. The van der Waals surface area contributed by atoms with Crippen LogP contribution >= 0.6 is 35.1 Å². The van der Waals surface area contributed by atoms with Crippen molar-refractivity contribution < 1.29 is 9.53 Å². The first-order valence-electron chi connectivity index (χ1n) is 7.18. The molecule has 0 bridgehead atoms. The molecule has 1 heterocycles. The number of hydrogen-bond donors (Lipinski definition) is 0. The van der Waals surface area contributed by atoms with Crippen LogP contribution in [0.5, 0.6) is 5.75 Å². The Balaban J connectivity index is 1.70. The van der Waals surface area contributed by atoms with Crippen LogP contribution < -0.4 is 4.74 Å². The monoisotopic (exact) mass is 375 g/mol. The smallest absolute Gasteiger partial charge is 0.244 e. The van der Waals surface area contributed by atoms with E-state index in [1.54, 1.807) is 24.9 Å². The third kappa shape index (κ3) is 4.44. The lowest BCUT2D eigenvalue weighted by atomic mass is 10.2. The van der Waals surface area contributed by atoms with Gasteiger partial charge in [0.1, 0.15) is 15.8 Å². The number of thioether (sulfide) groups is 2. The molecule has 0 saturated carbocycles. The van der Waals surface area contributed by atoms with Crippen LogP contribution in [0.15, 0.2) is 59.2 Å². The van der Waals surface area contributed by atoms with Crippen LogP contribution in [0.2, 0.25) is 5.02 Å². The molecule has 0 aliphatic carbocycles. The van der Waals surface area contributed by atoms with Gasteiger partial charge in [0, 0.05) is 10.8 Å². The van der Waals surface area contributed by atoms with E-state index in [0.717, 1.165) is 32.0 Å². The van der Waals surface area contributed by atoms with Gasteiger partial charge in [-0.05, 0) is 53.2 Å². The van der Waals surface area contributed by atoms with Crippen LogP contribution in [0.4, 0.5) is 0 Å². The van der Waals surface area contributed by atoms with E-state index in [0.29, 0.717) is 5.70 Å². The Morgan fingerprint density at radius 3 is 2.79 bits per heavy atom. The third-order valence-corrected chi connectivity index (χ3v) is 5.61. The fraction of sp³-hybridized carbons (Fsp3) is 0.111. The van der Waals surface area contributed by atoms with E-state index < -0.39 is 0 Å². The van der Waals surface area contributed by atoms with Gasteiger partial charge in [-0.1, -0.05) is 47.6 Å². The molecule has 3 rings (SSSR count). The third-order valence-electron chi connectivity index (χ3n) is 3.27. The summed E-state index contributed by atoms with van der Waals surface area (Å²) in [4.78, 5) is 16.6. The van der Waals surface area contributed by atoms with Gasteiger partial charge in [-0.15, -0.1) is 0 Å². The molecule has 2 aromatic carbocycles. The van der Waals surface area contributed by atoms with Crippen molar-refractivity contribution in [2.24, 2.45) is 4.99 Å². The molecule has 122 valence electrons. The number of aliphatic imine (C=N–C) groups is 1. The SMILES string of the molecule is COc1cccc(/C=C2\N=C(SCc3ccc(Cl)cc3)SC2=O)c1. The minimum absolute atomic E-state index is 0.0311. The highest BCUT2D eigenvalue weighted by Gasteiger charge is 2.22. The molecule has 0 radical (unpaired) electrons. The van der Waals surface area contributed by atoms with Crippen LogP contribution in [0.1, 0.15) is 11.1 Å². The summed E-state index contributed by atoms with van der Waals surface area (Å²) in [5.41, 5.74) is 2.50. The van der Waals surface area contributed by atoms with E-state index in [1.165, 1.54) is 11.8 Å². The number of methoxy groups -OCH3 is 1. The topological polar surface area (TPSA) is 38.7 Å². The fourth-order valence-electron chi connectivity index (χ4n) is 2.07. The summed E-state index contributed by atoms with van der Waals surface area (Å²) in [7, 11) is 1.62. The zero-order valence-corrected chi connectivity index (χ0v) is 15.3. The number of nitrogens with zero attached hydrogens (tertiary/aromatic N) is 1. The Labute approximate surface area is 154 Å². The molecule has 2 aromatic rings. The molecule has 0 amide bonds. The summed E-state index contributed by atoms with van der Waals surface area (Å²) in [5.74, 6) is 1.51. The van der Waals surface area contributed by atoms with Crippen molar-refractivity contribution in [2.45, 2.75) is 5.75 Å². The minimum Gasteiger partial charge on any atom is -0.497 e. The molecule has 6 heteroatoms. The highest BCUT2D eigenvalue weighted by atomic mass is 35.5. The molecule has 0 atom stereocenters. The van der Waals surface area contributed by atoms with Crippen molar-refractivity contribution in [2.75, 3.05) is 7.11 Å². The number of halogens is 1. The number of carbonyl (C=O) groups is 1. The van der Waals surface area contributed by atoms with E-state index in [4.69, 9.17) is 16.3 Å². The number of hydrogen-bond acceptors (Lipinski definition) is 5. The molecule has 1 aliphatic rings. The van der Waals surface area contributed by atoms with Crippen LogP contribution in [0, 0.1) is 0 Å². The van der Waals surface area contributed by atoms with Crippen LogP contribution in [0.3, 0.4) is 0 Å². The molecule has 0 saturated heterocycles. The van der Waals surface area contributed by atoms with Gasteiger partial charge in [-0.2, -0.15) is 0 Å². The Bertz CT molecular complexity index is 816. The summed E-state index contributed by atoms with van der Waals surface area (Å²) < 4.78 is 5.96. The standard InChI is InChI=1S/C18H14ClNO2S2/c1-22-15-4-2-3-13(9-15)10-16-17(21)24-18(20-16)23-11-12-5-7-14(19)8-6-12/h2-10H,11H2,1H3/b16-10-. The van der Waals surface area contributed by atoms with Gasteiger partial charge < -0.3 is 4.74 Å². The highest BCUT2D eigenvalue weighted by molar-refractivity contribution is 8.45. The average molecular weight is 376 g/mol. The summed E-state index contributed by atoms with van der Waals surface area (Å²) >= 11 is 8.61. The second-order valence-electron chi connectivity index (χ2n) is 4.99. The Hall–Kier alpha value is -1.69. The molecule has 0 N–H and O–H groups in total. The lowest BCUT2D eigenvalue weighted by Gasteiger charge is -2.00. The first-order chi connectivity index (χ1) is 11.6. The van der Waals surface area contributed by atoms with Crippen LogP contribution in [-0.2, 0) is 10.5 Å². The molecule has 0 fully saturated rings. The van der Waals surface area contributed by atoms with E-state index in [-0.39, 0.29) is 5.12 Å². The first kappa shape index (κ1) is 17.1. The van der Waals surface area contributed by atoms with Crippen molar-refractivity contribution in [3.8, 4) is 5.75 Å². The summed E-state index contributed by atoms with van der Waals surface area (Å²) in [6.07, 6.45) is 1.79. The highest BCUT2D eigenvalue weighted by Crippen LogP contribution is 2.33. The van der Waals surface area contributed by atoms with Gasteiger partial charge in [0.25, 0.3) is 0 Å². The maximum absolute atomic E-state index is 12.1. The zero-order valence-electron chi connectivity index (χ0n) is 12.9. The van der Waals surface area contributed by atoms with Gasteiger partial charge in [0.05, 0.1) is 7.11 Å². The lowest BCUT2D eigenvalue weighted by Crippen LogP contribution is -1.89. The molecular weight excluding hydrogens is 362 g/mol. The lowest BCUT2D eigenvalue weighted by molar-refractivity contribution is -0.107. The first-order valence-corrected chi connectivity index (χ1v) is 9.36. The Kier molecular flexibility index (Phi) is 5.66. The van der Waals surface area contributed by atoms with Gasteiger partial charge in [-0.25, -0.2) is 4.99 Å². The van der Waals surface area contributed by atoms with Crippen molar-refractivity contribution in [3.63, 3.8) is 0 Å². The Morgan fingerprint density at radius 2 is 2.04 bits per heavy atom. The summed E-state index contributed by atoms with van der Waals surface area (Å²) in [6, 6.07) is 15.2. The maximum Gasteiger partial charge on any atom is 0.244 e.